The molecule has 0 spiro atoms. The number of rotatable bonds is 16. The number of halogens is 1. The number of hydrogen-bond acceptors (Lipinski definition) is 5. The van der Waals surface area contributed by atoms with Gasteiger partial charge >= 0.3 is 0 Å². The number of aliphatic imine (C=N–C) groups is 2. The van der Waals surface area contributed by atoms with Gasteiger partial charge in [-0.3, -0.25) is 4.99 Å². The first kappa shape index (κ1) is 28.5. The Morgan fingerprint density at radius 2 is 1.79 bits per heavy atom. The summed E-state index contributed by atoms with van der Waals surface area (Å²) in [4.78, 5) is 8.78. The van der Waals surface area contributed by atoms with E-state index < -0.39 is 0 Å². The van der Waals surface area contributed by atoms with E-state index in [1.807, 2.05) is 32.2 Å². The van der Waals surface area contributed by atoms with Gasteiger partial charge in [0.05, 0.1) is 24.6 Å². The first-order valence-electron chi connectivity index (χ1n) is 11.6. The zero-order chi connectivity index (χ0) is 24.6. The highest BCUT2D eigenvalue weighted by Crippen LogP contribution is 2.16. The van der Waals surface area contributed by atoms with Crippen LogP contribution in [-0.4, -0.2) is 24.6 Å². The molecule has 0 aliphatic carbocycles. The van der Waals surface area contributed by atoms with E-state index in [1.54, 1.807) is 6.92 Å². The predicted octanol–water partition coefficient (Wildman–Crippen LogP) is 7.39. The smallest absolute Gasteiger partial charge is 0.179 e. The number of unbranched alkanes of at least 4 members (excludes halogenated alkanes) is 3. The molecule has 0 radical (unpaired) electrons. The maximum Gasteiger partial charge on any atom is 0.179 e. The van der Waals surface area contributed by atoms with Gasteiger partial charge in [0.1, 0.15) is 10.9 Å². The summed E-state index contributed by atoms with van der Waals surface area (Å²) in [6.07, 6.45) is 5.88. The third-order valence-corrected chi connectivity index (χ3v) is 4.62. The molecule has 1 aromatic rings. The number of allylic oxidation sites excluding steroid dienone is 2. The fourth-order valence-electron chi connectivity index (χ4n) is 2.88. The van der Waals surface area contributed by atoms with Gasteiger partial charge in [-0.2, -0.15) is 0 Å². The quantitative estimate of drug-likeness (QED) is 0.118. The summed E-state index contributed by atoms with van der Waals surface area (Å²) in [6, 6.07) is 8.09. The molecule has 0 unspecified atom stereocenters. The summed E-state index contributed by atoms with van der Waals surface area (Å²) in [5.74, 6) is 2.01. The lowest BCUT2D eigenvalue weighted by Crippen LogP contribution is -2.15. The molecule has 0 fully saturated rings. The largest absolute Gasteiger partial charge is 0.493 e. The second-order valence-corrected chi connectivity index (χ2v) is 9.01. The van der Waals surface area contributed by atoms with Gasteiger partial charge in [-0.15, -0.1) is 0 Å². The predicted molar refractivity (Wildman–Crippen MR) is 142 cm³/mol. The monoisotopic (exact) mass is 473 g/mol. The maximum absolute atomic E-state index is 5.86. The van der Waals surface area contributed by atoms with Gasteiger partial charge in [0, 0.05) is 12.8 Å². The van der Waals surface area contributed by atoms with Gasteiger partial charge < -0.3 is 14.8 Å². The molecular formula is C27H40ClN3O2. The van der Waals surface area contributed by atoms with Crippen LogP contribution in [0.5, 0.6) is 5.75 Å². The van der Waals surface area contributed by atoms with E-state index in [1.165, 1.54) is 0 Å². The van der Waals surface area contributed by atoms with Crippen LogP contribution in [0.4, 0.5) is 0 Å². The van der Waals surface area contributed by atoms with Gasteiger partial charge in [0.15, 0.2) is 5.88 Å². The number of ether oxygens (including phenoxy) is 2. The highest BCUT2D eigenvalue weighted by atomic mass is 35.5. The van der Waals surface area contributed by atoms with Crippen LogP contribution in [0.1, 0.15) is 65.9 Å². The van der Waals surface area contributed by atoms with Crippen molar-refractivity contribution in [3.63, 3.8) is 0 Å². The van der Waals surface area contributed by atoms with E-state index in [0.29, 0.717) is 30.1 Å². The number of benzene rings is 1. The van der Waals surface area contributed by atoms with Crippen molar-refractivity contribution < 1.29 is 9.47 Å². The number of hydrogen-bond donors (Lipinski definition) is 1. The minimum absolute atomic E-state index is 0.488. The van der Waals surface area contributed by atoms with Crippen LogP contribution in [0.15, 0.2) is 70.3 Å². The Hall–Kier alpha value is -2.53. The van der Waals surface area contributed by atoms with Crippen LogP contribution >= 0.6 is 11.6 Å². The molecule has 6 heteroatoms. The summed E-state index contributed by atoms with van der Waals surface area (Å²) >= 11 is 5.86. The second-order valence-electron chi connectivity index (χ2n) is 8.46. The van der Waals surface area contributed by atoms with Crippen molar-refractivity contribution in [1.29, 1.82) is 0 Å². The van der Waals surface area contributed by atoms with Crippen LogP contribution in [0, 0.1) is 5.92 Å². The highest BCUT2D eigenvalue weighted by molar-refractivity contribution is 6.64. The van der Waals surface area contributed by atoms with E-state index in [4.69, 9.17) is 21.1 Å². The Balaban J connectivity index is 2.21. The summed E-state index contributed by atoms with van der Waals surface area (Å²) in [5.41, 5.74) is 3.60. The lowest BCUT2D eigenvalue weighted by Gasteiger charge is -2.12. The molecule has 5 nitrogen and oxygen atoms in total. The van der Waals surface area contributed by atoms with Gasteiger partial charge in [-0.05, 0) is 82.2 Å². The standard InChI is InChI=1S/C27H40ClN3O2/c1-20(2)19-33-26-14-12-25(13-15-26)18-30-24(7)32-17-11-9-8-10-16-29-27(21(3)4)22(5)31-23(6)28/h12-16,20,30H,3,7-11,17-19H2,1-2,4-6H3/b27-22+,29-16?,31-23?. The zero-order valence-electron chi connectivity index (χ0n) is 20.9. The van der Waals surface area contributed by atoms with Crippen molar-refractivity contribution in [1.82, 2.24) is 5.32 Å². The minimum atomic E-state index is 0.488. The van der Waals surface area contributed by atoms with Crippen molar-refractivity contribution >= 4 is 23.0 Å². The summed E-state index contributed by atoms with van der Waals surface area (Å²) in [6.45, 7) is 19.8. The molecule has 0 heterocycles. The molecule has 0 aromatic heterocycles. The molecule has 0 saturated heterocycles. The van der Waals surface area contributed by atoms with Crippen LogP contribution < -0.4 is 10.1 Å². The summed E-state index contributed by atoms with van der Waals surface area (Å²) in [7, 11) is 0. The van der Waals surface area contributed by atoms with Crippen molar-refractivity contribution in [3.8, 4) is 5.75 Å². The van der Waals surface area contributed by atoms with Crippen molar-refractivity contribution in [2.45, 2.75) is 66.8 Å². The molecule has 1 rings (SSSR count). The Bertz CT molecular complexity index is 835. The Morgan fingerprint density at radius 3 is 2.39 bits per heavy atom. The molecule has 0 aliphatic rings. The van der Waals surface area contributed by atoms with E-state index in [0.717, 1.165) is 60.6 Å². The number of nitrogens with zero attached hydrogens (tertiary/aromatic N) is 2. The van der Waals surface area contributed by atoms with Crippen molar-refractivity contribution in [2.75, 3.05) is 13.2 Å². The average molecular weight is 474 g/mol. The molecule has 0 amide bonds. The van der Waals surface area contributed by atoms with Crippen molar-refractivity contribution in [2.24, 2.45) is 15.9 Å². The molecular weight excluding hydrogens is 434 g/mol. The first-order chi connectivity index (χ1) is 15.7. The fraction of sp³-hybridized carbons (Fsp3) is 0.481. The Labute approximate surface area is 205 Å². The maximum atomic E-state index is 5.86. The average Bonchev–Trinajstić information content (AvgIpc) is 2.75. The van der Waals surface area contributed by atoms with E-state index >= 15 is 0 Å². The second kappa shape index (κ2) is 16.1. The zero-order valence-corrected chi connectivity index (χ0v) is 21.7. The topological polar surface area (TPSA) is 55.2 Å². The highest BCUT2D eigenvalue weighted by Gasteiger charge is 2.02. The number of nitrogens with one attached hydrogen (secondary N) is 1. The summed E-state index contributed by atoms with van der Waals surface area (Å²) in [5, 5.41) is 3.70. The lowest BCUT2D eigenvalue weighted by atomic mass is 10.2. The Morgan fingerprint density at radius 1 is 1.09 bits per heavy atom. The molecule has 0 bridgehead atoms. The van der Waals surface area contributed by atoms with Gasteiger partial charge in [0.2, 0.25) is 0 Å². The van der Waals surface area contributed by atoms with Crippen LogP contribution in [0.25, 0.3) is 0 Å². The molecule has 0 aliphatic heterocycles. The van der Waals surface area contributed by atoms with Crippen LogP contribution in [0.2, 0.25) is 0 Å². The van der Waals surface area contributed by atoms with Gasteiger partial charge in [-0.25, -0.2) is 4.99 Å². The van der Waals surface area contributed by atoms with Gasteiger partial charge in [-0.1, -0.05) is 44.2 Å². The van der Waals surface area contributed by atoms with Crippen LogP contribution in [0.3, 0.4) is 0 Å². The Kier molecular flexibility index (Phi) is 13.9. The third kappa shape index (κ3) is 13.6. The van der Waals surface area contributed by atoms with E-state index in [2.05, 4.69) is 54.4 Å². The van der Waals surface area contributed by atoms with Gasteiger partial charge in [0.25, 0.3) is 0 Å². The molecule has 0 atom stereocenters. The fourth-order valence-corrected chi connectivity index (χ4v) is 3.01. The van der Waals surface area contributed by atoms with E-state index in [-0.39, 0.29) is 0 Å². The SMILES string of the molecule is C=C(NCc1ccc(OCC(C)C)cc1)OCCCCCC=N/C(C(=C)C)=C(\C)N=C(C)Cl. The lowest BCUT2D eigenvalue weighted by molar-refractivity contribution is 0.185. The van der Waals surface area contributed by atoms with Crippen molar-refractivity contribution in [3.05, 3.63) is 65.8 Å². The normalized spacial score (nSPS) is 12.6. The third-order valence-electron chi connectivity index (χ3n) is 4.54. The van der Waals surface area contributed by atoms with Crippen LogP contribution in [-0.2, 0) is 11.3 Å². The molecule has 0 saturated carbocycles. The molecule has 1 aromatic carbocycles. The summed E-state index contributed by atoms with van der Waals surface area (Å²) < 4.78 is 11.4. The van der Waals surface area contributed by atoms with E-state index in [9.17, 15) is 0 Å². The molecule has 182 valence electrons. The molecule has 1 N–H and O–H groups in total. The first-order valence-corrected chi connectivity index (χ1v) is 11.9. The molecule has 33 heavy (non-hydrogen) atoms. The minimum Gasteiger partial charge on any atom is -0.493 e.